The van der Waals surface area contributed by atoms with Crippen molar-refractivity contribution < 1.29 is 22.4 Å². The Bertz CT molecular complexity index is 902. The van der Waals surface area contributed by atoms with Crippen LogP contribution in [0.2, 0.25) is 0 Å². The Morgan fingerprint density at radius 1 is 1.20 bits per heavy atom. The average Bonchev–Trinajstić information content (AvgIpc) is 3.19. The molecule has 30 heavy (non-hydrogen) atoms. The van der Waals surface area contributed by atoms with Gasteiger partial charge in [0.25, 0.3) is 5.91 Å². The summed E-state index contributed by atoms with van der Waals surface area (Å²) in [7, 11) is 1.67. The van der Waals surface area contributed by atoms with Crippen molar-refractivity contribution in [1.29, 1.82) is 0 Å². The molecule has 2 heterocycles. The molecule has 1 saturated heterocycles. The Morgan fingerprint density at radius 2 is 1.93 bits per heavy atom. The number of furan rings is 1. The van der Waals surface area contributed by atoms with Crippen LogP contribution in [0, 0.1) is 0 Å². The second-order valence-electron chi connectivity index (χ2n) is 6.99. The number of hydrogen-bond acceptors (Lipinski definition) is 4. The topological polar surface area (TPSA) is 87.1 Å². The monoisotopic (exact) mass is 423 g/mol. The van der Waals surface area contributed by atoms with Crippen LogP contribution in [0.5, 0.6) is 0 Å². The molecule has 7 nitrogen and oxygen atoms in total. The van der Waals surface area contributed by atoms with E-state index < -0.39 is 17.6 Å². The highest BCUT2D eigenvalue weighted by atomic mass is 19.4. The van der Waals surface area contributed by atoms with Gasteiger partial charge in [0.05, 0.1) is 12.1 Å². The van der Waals surface area contributed by atoms with E-state index in [0.29, 0.717) is 56.6 Å². The molecule has 1 fully saturated rings. The number of benzene rings is 1. The summed E-state index contributed by atoms with van der Waals surface area (Å²) in [5.74, 6) is 0.728. The first kappa shape index (κ1) is 21.7. The summed E-state index contributed by atoms with van der Waals surface area (Å²) < 4.78 is 44.0. The maximum absolute atomic E-state index is 12.9. The van der Waals surface area contributed by atoms with Gasteiger partial charge < -0.3 is 20.4 Å². The molecule has 10 heteroatoms. The number of guanidine groups is 1. The minimum Gasteiger partial charge on any atom is -0.454 e. The molecule has 162 valence electrons. The molecule has 0 unspecified atom stereocenters. The maximum Gasteiger partial charge on any atom is 0.416 e. The van der Waals surface area contributed by atoms with E-state index in [0.717, 1.165) is 6.07 Å². The molecule has 1 aromatic carbocycles. The lowest BCUT2D eigenvalue weighted by Crippen LogP contribution is -2.52. The van der Waals surface area contributed by atoms with Crippen molar-refractivity contribution in [3.8, 4) is 0 Å². The number of halogens is 3. The van der Waals surface area contributed by atoms with Crippen molar-refractivity contribution >= 4 is 11.9 Å². The Balaban J connectivity index is 1.50. The fourth-order valence-corrected chi connectivity index (χ4v) is 3.33. The van der Waals surface area contributed by atoms with Gasteiger partial charge in [-0.3, -0.25) is 14.7 Å². The van der Waals surface area contributed by atoms with E-state index in [1.54, 1.807) is 19.2 Å². The second-order valence-corrected chi connectivity index (χ2v) is 6.99. The zero-order valence-electron chi connectivity index (χ0n) is 16.6. The first-order valence-corrected chi connectivity index (χ1v) is 9.49. The lowest BCUT2D eigenvalue weighted by Gasteiger charge is -2.36. The molecule has 1 aliphatic heterocycles. The van der Waals surface area contributed by atoms with Crippen LogP contribution in [0.15, 0.2) is 45.8 Å². The van der Waals surface area contributed by atoms with Gasteiger partial charge in [0.2, 0.25) is 0 Å². The quantitative estimate of drug-likeness (QED) is 0.569. The number of nitrogens with two attached hydrogens (primary N) is 1. The van der Waals surface area contributed by atoms with Crippen LogP contribution >= 0.6 is 0 Å². The number of carbonyl (C=O) groups excluding carboxylic acids is 1. The zero-order chi connectivity index (χ0) is 21.7. The minimum absolute atomic E-state index is 0.102. The fourth-order valence-electron chi connectivity index (χ4n) is 3.33. The number of primary amides is 1. The summed E-state index contributed by atoms with van der Waals surface area (Å²) >= 11 is 0. The van der Waals surface area contributed by atoms with E-state index in [-0.39, 0.29) is 5.76 Å². The number of hydrogen-bond donors (Lipinski definition) is 2. The predicted molar refractivity (Wildman–Crippen MR) is 106 cm³/mol. The molecule has 0 aliphatic carbocycles. The summed E-state index contributed by atoms with van der Waals surface area (Å²) in [6.45, 7) is 3.58. The molecule has 0 saturated carbocycles. The van der Waals surface area contributed by atoms with E-state index in [9.17, 15) is 18.0 Å². The smallest absolute Gasteiger partial charge is 0.416 e. The number of alkyl halides is 3. The summed E-state index contributed by atoms with van der Waals surface area (Å²) in [6, 6.07) is 8.64. The Hall–Kier alpha value is -3.01. The number of aliphatic imine (C=N–C) groups is 1. The first-order chi connectivity index (χ1) is 14.3. The first-order valence-electron chi connectivity index (χ1n) is 9.49. The highest BCUT2D eigenvalue weighted by molar-refractivity contribution is 5.89. The molecule has 0 radical (unpaired) electrons. The van der Waals surface area contributed by atoms with Crippen LogP contribution in [0.25, 0.3) is 0 Å². The van der Waals surface area contributed by atoms with Crippen molar-refractivity contribution in [3.63, 3.8) is 0 Å². The van der Waals surface area contributed by atoms with Gasteiger partial charge in [0.1, 0.15) is 5.76 Å². The van der Waals surface area contributed by atoms with Gasteiger partial charge in [-0.05, 0) is 23.8 Å². The minimum atomic E-state index is -4.33. The van der Waals surface area contributed by atoms with E-state index in [1.165, 1.54) is 18.2 Å². The molecule has 0 spiro atoms. The van der Waals surface area contributed by atoms with Crippen LogP contribution in [0.3, 0.4) is 0 Å². The van der Waals surface area contributed by atoms with E-state index >= 15 is 0 Å². The lowest BCUT2D eigenvalue weighted by atomic mass is 10.1. The number of nitrogens with one attached hydrogen (secondary N) is 1. The SMILES string of the molecule is CN=C(NCc1ccc(C(N)=O)o1)N1CCN(Cc2cccc(C(F)(F)F)c2)CC1. The number of carbonyl (C=O) groups is 1. The van der Waals surface area contributed by atoms with E-state index in [4.69, 9.17) is 10.2 Å². The number of rotatable bonds is 5. The van der Waals surface area contributed by atoms with Gasteiger partial charge in [0, 0.05) is 39.8 Å². The van der Waals surface area contributed by atoms with Gasteiger partial charge in [-0.2, -0.15) is 13.2 Å². The van der Waals surface area contributed by atoms with Gasteiger partial charge >= 0.3 is 6.18 Å². The highest BCUT2D eigenvalue weighted by Crippen LogP contribution is 2.29. The fraction of sp³-hybridized carbons (Fsp3) is 0.400. The standard InChI is InChI=1S/C20H24F3N5O2/c1-25-19(26-12-16-5-6-17(30-16)18(24)29)28-9-7-27(8-10-28)13-14-3-2-4-15(11-14)20(21,22)23/h2-6,11H,7-10,12-13H2,1H3,(H2,24,29)(H,25,26). The van der Waals surface area contributed by atoms with Gasteiger partial charge in [-0.25, -0.2) is 0 Å². The Kier molecular flexibility index (Phi) is 6.66. The summed E-state index contributed by atoms with van der Waals surface area (Å²) in [5, 5.41) is 3.18. The third-order valence-electron chi connectivity index (χ3n) is 4.87. The van der Waals surface area contributed by atoms with Crippen LogP contribution in [-0.4, -0.2) is 54.9 Å². The normalized spacial score (nSPS) is 16.0. The van der Waals surface area contributed by atoms with Crippen LogP contribution in [0.1, 0.15) is 27.4 Å². The molecule has 3 N–H and O–H groups in total. The highest BCUT2D eigenvalue weighted by Gasteiger charge is 2.30. The third kappa shape index (κ3) is 5.53. The zero-order valence-corrected chi connectivity index (χ0v) is 16.6. The molecular formula is C20H24F3N5O2. The number of piperazine rings is 1. The van der Waals surface area contributed by atoms with Crippen molar-refractivity contribution in [2.24, 2.45) is 10.7 Å². The lowest BCUT2D eigenvalue weighted by molar-refractivity contribution is -0.137. The van der Waals surface area contributed by atoms with Crippen LogP contribution in [0.4, 0.5) is 13.2 Å². The molecule has 2 aromatic rings. The van der Waals surface area contributed by atoms with Gasteiger partial charge in [0.15, 0.2) is 11.7 Å². The molecule has 3 rings (SSSR count). The van der Waals surface area contributed by atoms with E-state index in [1.807, 2.05) is 0 Å². The molecule has 0 atom stereocenters. The van der Waals surface area contributed by atoms with Crippen LogP contribution in [-0.2, 0) is 19.3 Å². The number of nitrogens with zero attached hydrogens (tertiary/aromatic N) is 3. The maximum atomic E-state index is 12.9. The van der Waals surface area contributed by atoms with Crippen LogP contribution < -0.4 is 11.1 Å². The second kappa shape index (κ2) is 9.21. The predicted octanol–water partition coefficient (Wildman–Crippen LogP) is 2.29. The van der Waals surface area contributed by atoms with Crippen molar-refractivity contribution in [1.82, 2.24) is 15.1 Å². The molecule has 0 bridgehead atoms. The summed E-state index contributed by atoms with van der Waals surface area (Å²) in [5.41, 5.74) is 5.20. The molecule has 1 aromatic heterocycles. The summed E-state index contributed by atoms with van der Waals surface area (Å²) in [4.78, 5) is 19.6. The number of amides is 1. The summed E-state index contributed by atoms with van der Waals surface area (Å²) in [6.07, 6.45) is -4.33. The average molecular weight is 423 g/mol. The molecule has 1 amide bonds. The van der Waals surface area contributed by atoms with Gasteiger partial charge in [-0.1, -0.05) is 18.2 Å². The van der Waals surface area contributed by atoms with Crippen molar-refractivity contribution in [2.45, 2.75) is 19.3 Å². The van der Waals surface area contributed by atoms with E-state index in [2.05, 4.69) is 20.1 Å². The van der Waals surface area contributed by atoms with Crippen molar-refractivity contribution in [2.75, 3.05) is 33.2 Å². The Labute approximate surface area is 172 Å². The molecular weight excluding hydrogens is 399 g/mol. The largest absolute Gasteiger partial charge is 0.454 e. The van der Waals surface area contributed by atoms with Crippen molar-refractivity contribution in [3.05, 3.63) is 59.0 Å². The molecule has 1 aliphatic rings. The Morgan fingerprint density at radius 3 is 2.53 bits per heavy atom. The van der Waals surface area contributed by atoms with Gasteiger partial charge in [-0.15, -0.1) is 0 Å². The third-order valence-corrected chi connectivity index (χ3v) is 4.87.